The lowest BCUT2D eigenvalue weighted by molar-refractivity contribution is -0.137. The predicted molar refractivity (Wildman–Crippen MR) is 99.5 cm³/mol. The van der Waals surface area contributed by atoms with Crippen molar-refractivity contribution >= 4 is 23.6 Å². The summed E-state index contributed by atoms with van der Waals surface area (Å²) in [5.41, 5.74) is 1.07. The van der Waals surface area contributed by atoms with Gasteiger partial charge in [0.05, 0.1) is 5.88 Å². The molecule has 3 aliphatic heterocycles. The first-order valence-corrected chi connectivity index (χ1v) is 10.3. The first kappa shape index (κ1) is 16.9. The zero-order chi connectivity index (χ0) is 17.3. The SMILES string of the molecule is O=C(C1CSCN1C(=O)c1ccccc1)N1CCC2(CCNC2)CC1. The van der Waals surface area contributed by atoms with Crippen LogP contribution >= 0.6 is 11.8 Å². The van der Waals surface area contributed by atoms with Crippen LogP contribution in [-0.2, 0) is 4.79 Å². The van der Waals surface area contributed by atoms with Crippen LogP contribution in [0.3, 0.4) is 0 Å². The molecule has 1 unspecified atom stereocenters. The molecule has 1 aromatic rings. The van der Waals surface area contributed by atoms with Gasteiger partial charge in [-0.2, -0.15) is 0 Å². The third-order valence-corrected chi connectivity index (χ3v) is 6.93. The number of likely N-dealkylation sites (tertiary alicyclic amines) is 1. The highest BCUT2D eigenvalue weighted by Crippen LogP contribution is 2.37. The lowest BCUT2D eigenvalue weighted by atomic mass is 9.78. The Morgan fingerprint density at radius 2 is 1.88 bits per heavy atom. The summed E-state index contributed by atoms with van der Waals surface area (Å²) >= 11 is 1.67. The molecular formula is C19H25N3O2S. The van der Waals surface area contributed by atoms with Gasteiger partial charge in [0.2, 0.25) is 5.91 Å². The van der Waals surface area contributed by atoms with Crippen LogP contribution in [0.25, 0.3) is 0 Å². The van der Waals surface area contributed by atoms with Crippen LogP contribution < -0.4 is 5.32 Å². The van der Waals surface area contributed by atoms with Crippen molar-refractivity contribution in [2.24, 2.45) is 5.41 Å². The maximum Gasteiger partial charge on any atom is 0.255 e. The summed E-state index contributed by atoms with van der Waals surface area (Å²) < 4.78 is 0. The number of piperidine rings is 1. The molecule has 0 saturated carbocycles. The maximum absolute atomic E-state index is 13.1. The Morgan fingerprint density at radius 1 is 1.12 bits per heavy atom. The van der Waals surface area contributed by atoms with Gasteiger partial charge < -0.3 is 15.1 Å². The van der Waals surface area contributed by atoms with Crippen LogP contribution in [0.15, 0.2) is 30.3 Å². The van der Waals surface area contributed by atoms with Crippen molar-refractivity contribution in [2.75, 3.05) is 37.8 Å². The van der Waals surface area contributed by atoms with Gasteiger partial charge in [0.25, 0.3) is 5.91 Å². The minimum atomic E-state index is -0.312. The van der Waals surface area contributed by atoms with E-state index in [2.05, 4.69) is 5.32 Å². The third kappa shape index (κ3) is 3.29. The molecule has 4 rings (SSSR count). The van der Waals surface area contributed by atoms with Gasteiger partial charge in [0.1, 0.15) is 6.04 Å². The molecule has 3 heterocycles. The summed E-state index contributed by atoms with van der Waals surface area (Å²) in [5, 5.41) is 3.46. The smallest absolute Gasteiger partial charge is 0.255 e. The number of benzene rings is 1. The molecule has 5 nitrogen and oxygen atoms in total. The second kappa shape index (κ2) is 7.00. The number of nitrogens with one attached hydrogen (secondary N) is 1. The molecule has 0 radical (unpaired) electrons. The van der Waals surface area contributed by atoms with E-state index in [4.69, 9.17) is 0 Å². The Balaban J connectivity index is 1.42. The molecule has 1 N–H and O–H groups in total. The van der Waals surface area contributed by atoms with Crippen LogP contribution in [-0.4, -0.2) is 65.5 Å². The second-order valence-corrected chi connectivity index (χ2v) is 8.41. The third-order valence-electron chi connectivity index (χ3n) is 5.92. The molecule has 6 heteroatoms. The molecule has 1 atom stereocenters. The molecule has 1 aromatic carbocycles. The number of carbonyl (C=O) groups excluding carboxylic acids is 2. The molecular weight excluding hydrogens is 334 g/mol. The molecule has 25 heavy (non-hydrogen) atoms. The minimum absolute atomic E-state index is 0.0302. The second-order valence-electron chi connectivity index (χ2n) is 7.41. The summed E-state index contributed by atoms with van der Waals surface area (Å²) in [4.78, 5) is 29.6. The van der Waals surface area contributed by atoms with Crippen molar-refractivity contribution in [3.63, 3.8) is 0 Å². The zero-order valence-electron chi connectivity index (χ0n) is 14.4. The van der Waals surface area contributed by atoms with Crippen molar-refractivity contribution in [1.82, 2.24) is 15.1 Å². The van der Waals surface area contributed by atoms with Gasteiger partial charge in [-0.05, 0) is 43.4 Å². The quantitative estimate of drug-likeness (QED) is 0.875. The average molecular weight is 359 g/mol. The van der Waals surface area contributed by atoms with Gasteiger partial charge in [-0.3, -0.25) is 9.59 Å². The Morgan fingerprint density at radius 3 is 2.56 bits per heavy atom. The largest absolute Gasteiger partial charge is 0.341 e. The van der Waals surface area contributed by atoms with Crippen LogP contribution in [0.1, 0.15) is 29.6 Å². The van der Waals surface area contributed by atoms with E-state index in [-0.39, 0.29) is 17.9 Å². The Bertz CT molecular complexity index is 635. The van der Waals surface area contributed by atoms with E-state index >= 15 is 0 Å². The first-order valence-electron chi connectivity index (χ1n) is 9.12. The molecule has 3 fully saturated rings. The predicted octanol–water partition coefficient (Wildman–Crippen LogP) is 1.80. The number of hydrogen-bond acceptors (Lipinski definition) is 4. The van der Waals surface area contributed by atoms with E-state index in [9.17, 15) is 9.59 Å². The fraction of sp³-hybridized carbons (Fsp3) is 0.579. The number of nitrogens with zero attached hydrogens (tertiary/aromatic N) is 2. The molecule has 0 bridgehead atoms. The van der Waals surface area contributed by atoms with Crippen LogP contribution in [0, 0.1) is 5.41 Å². The van der Waals surface area contributed by atoms with Crippen molar-refractivity contribution < 1.29 is 9.59 Å². The molecule has 3 saturated heterocycles. The van der Waals surface area contributed by atoms with Crippen molar-refractivity contribution in [2.45, 2.75) is 25.3 Å². The molecule has 0 aliphatic carbocycles. The number of carbonyl (C=O) groups is 2. The fourth-order valence-electron chi connectivity index (χ4n) is 4.23. The van der Waals surface area contributed by atoms with E-state index in [0.717, 1.165) is 39.0 Å². The van der Waals surface area contributed by atoms with E-state index in [1.165, 1.54) is 6.42 Å². The Kier molecular flexibility index (Phi) is 4.73. The van der Waals surface area contributed by atoms with Gasteiger partial charge in [-0.15, -0.1) is 11.8 Å². The molecule has 134 valence electrons. The summed E-state index contributed by atoms with van der Waals surface area (Å²) in [7, 11) is 0. The molecule has 3 aliphatic rings. The number of amides is 2. The monoisotopic (exact) mass is 359 g/mol. The zero-order valence-corrected chi connectivity index (χ0v) is 15.3. The standard InChI is InChI=1S/C19H25N3O2S/c23-17(15-4-2-1-3-5-15)22-14-25-12-16(22)18(24)21-10-7-19(8-11-21)6-9-20-13-19/h1-5,16,20H,6-14H2. The summed E-state index contributed by atoms with van der Waals surface area (Å²) in [5.74, 6) is 1.42. The van der Waals surface area contributed by atoms with Crippen molar-refractivity contribution in [3.05, 3.63) is 35.9 Å². The van der Waals surface area contributed by atoms with Gasteiger partial charge in [-0.25, -0.2) is 0 Å². The fourth-order valence-corrected chi connectivity index (χ4v) is 5.37. The maximum atomic E-state index is 13.1. The number of hydrogen-bond donors (Lipinski definition) is 1. The van der Waals surface area contributed by atoms with Crippen LogP contribution in [0.2, 0.25) is 0 Å². The van der Waals surface area contributed by atoms with Gasteiger partial charge in [-0.1, -0.05) is 18.2 Å². The highest BCUT2D eigenvalue weighted by Gasteiger charge is 2.42. The van der Waals surface area contributed by atoms with Crippen LogP contribution in [0.4, 0.5) is 0 Å². The van der Waals surface area contributed by atoms with Crippen molar-refractivity contribution in [3.8, 4) is 0 Å². The van der Waals surface area contributed by atoms with E-state index < -0.39 is 0 Å². The highest BCUT2D eigenvalue weighted by molar-refractivity contribution is 7.99. The lowest BCUT2D eigenvalue weighted by Gasteiger charge is -2.40. The molecule has 1 spiro atoms. The normalized spacial score (nSPS) is 25.5. The van der Waals surface area contributed by atoms with E-state index in [0.29, 0.717) is 22.6 Å². The highest BCUT2D eigenvalue weighted by atomic mass is 32.2. The summed E-state index contributed by atoms with van der Waals surface area (Å²) in [6.45, 7) is 3.85. The van der Waals surface area contributed by atoms with Gasteiger partial charge in [0, 0.05) is 31.0 Å². The summed E-state index contributed by atoms with van der Waals surface area (Å²) in [6.07, 6.45) is 3.39. The Labute approximate surface area is 153 Å². The number of thioether (sulfide) groups is 1. The van der Waals surface area contributed by atoms with Gasteiger partial charge >= 0.3 is 0 Å². The molecule has 0 aromatic heterocycles. The lowest BCUT2D eigenvalue weighted by Crippen LogP contribution is -2.52. The minimum Gasteiger partial charge on any atom is -0.341 e. The van der Waals surface area contributed by atoms with Crippen molar-refractivity contribution in [1.29, 1.82) is 0 Å². The summed E-state index contributed by atoms with van der Waals surface area (Å²) in [6, 6.07) is 8.97. The average Bonchev–Trinajstić information content (AvgIpc) is 3.32. The Hall–Kier alpha value is -1.53. The van der Waals surface area contributed by atoms with E-state index in [1.54, 1.807) is 16.7 Å². The van der Waals surface area contributed by atoms with Gasteiger partial charge in [0.15, 0.2) is 0 Å². The topological polar surface area (TPSA) is 52.7 Å². The number of rotatable bonds is 2. The first-order chi connectivity index (χ1) is 12.2. The van der Waals surface area contributed by atoms with E-state index in [1.807, 2.05) is 35.2 Å². The van der Waals surface area contributed by atoms with Crippen LogP contribution in [0.5, 0.6) is 0 Å². The molecule has 2 amide bonds.